The van der Waals surface area contributed by atoms with Crippen LogP contribution in [0.3, 0.4) is 0 Å². The molecule has 4 rings (SSSR count). The molecule has 2 heterocycles. The topological polar surface area (TPSA) is 76.9 Å². The second kappa shape index (κ2) is 6.80. The predicted octanol–water partition coefficient (Wildman–Crippen LogP) is 3.17. The van der Waals surface area contributed by atoms with Gasteiger partial charge in [-0.3, -0.25) is 14.6 Å². The lowest BCUT2D eigenvalue weighted by Gasteiger charge is -2.09. The Kier molecular flexibility index (Phi) is 4.18. The van der Waals surface area contributed by atoms with E-state index in [0.717, 1.165) is 15.6 Å². The Morgan fingerprint density at radius 2 is 1.78 bits per heavy atom. The highest BCUT2D eigenvalue weighted by Gasteiger charge is 2.12. The number of amides is 1. The summed E-state index contributed by atoms with van der Waals surface area (Å²) in [5.41, 5.74) is 1.34. The number of aromatic nitrogens is 3. The number of hydrogen-bond acceptors (Lipinski definition) is 4. The van der Waals surface area contributed by atoms with Gasteiger partial charge in [-0.05, 0) is 54.6 Å². The summed E-state index contributed by atoms with van der Waals surface area (Å²) < 4.78 is 14.2. The first-order valence-corrected chi connectivity index (χ1v) is 8.13. The lowest BCUT2D eigenvalue weighted by molar-refractivity contribution is 0.102. The van der Waals surface area contributed by atoms with E-state index in [4.69, 9.17) is 0 Å². The van der Waals surface area contributed by atoms with Crippen LogP contribution in [0.25, 0.3) is 16.6 Å². The number of benzene rings is 2. The third-order valence-electron chi connectivity index (χ3n) is 4.00. The average Bonchev–Trinajstić information content (AvgIpc) is 2.69. The lowest BCUT2D eigenvalue weighted by Crippen LogP contribution is -2.24. The van der Waals surface area contributed by atoms with E-state index in [1.54, 1.807) is 24.4 Å². The van der Waals surface area contributed by atoms with Crippen molar-refractivity contribution in [2.75, 3.05) is 5.32 Å². The molecular weight excluding hydrogens is 347 g/mol. The fourth-order valence-electron chi connectivity index (χ4n) is 2.70. The Morgan fingerprint density at radius 1 is 0.963 bits per heavy atom. The van der Waals surface area contributed by atoms with E-state index in [1.165, 1.54) is 36.4 Å². The number of hydrogen-bond donors (Lipinski definition) is 1. The van der Waals surface area contributed by atoms with Crippen LogP contribution >= 0.6 is 0 Å². The number of halogens is 1. The van der Waals surface area contributed by atoms with Crippen LogP contribution in [0.5, 0.6) is 0 Å². The summed E-state index contributed by atoms with van der Waals surface area (Å²) in [6.45, 7) is 0. The van der Waals surface area contributed by atoms with E-state index in [9.17, 15) is 14.0 Å². The van der Waals surface area contributed by atoms with E-state index in [2.05, 4.69) is 15.4 Å². The van der Waals surface area contributed by atoms with Crippen molar-refractivity contribution in [2.45, 2.75) is 0 Å². The maximum absolute atomic E-state index is 13.1. The second-order valence-electron chi connectivity index (χ2n) is 5.77. The highest BCUT2D eigenvalue weighted by Crippen LogP contribution is 2.21. The van der Waals surface area contributed by atoms with Crippen molar-refractivity contribution < 1.29 is 9.18 Å². The molecular formula is C20H13FN4O2. The molecule has 132 valence electrons. The third-order valence-corrected chi connectivity index (χ3v) is 4.00. The van der Waals surface area contributed by atoms with Crippen molar-refractivity contribution in [2.24, 2.45) is 0 Å². The van der Waals surface area contributed by atoms with Crippen molar-refractivity contribution >= 4 is 22.5 Å². The van der Waals surface area contributed by atoms with Crippen LogP contribution in [0.2, 0.25) is 0 Å². The van der Waals surface area contributed by atoms with Crippen LogP contribution in [0.1, 0.15) is 10.5 Å². The molecule has 6 nitrogen and oxygen atoms in total. The average molecular weight is 360 g/mol. The Balaban J connectivity index is 1.69. The standard InChI is InChI=1S/C20H13FN4O2/c21-13-6-8-14(9-7-13)25-19(26)11-10-18(24-25)20(27)23-17-5-1-4-16-15(17)3-2-12-22-16/h1-12H,(H,23,27). The van der Waals surface area contributed by atoms with Gasteiger partial charge in [-0.15, -0.1) is 0 Å². The summed E-state index contributed by atoms with van der Waals surface area (Å²) in [5, 5.41) is 7.69. The molecule has 0 aliphatic heterocycles. The van der Waals surface area contributed by atoms with E-state index in [-0.39, 0.29) is 5.69 Å². The number of rotatable bonds is 3. The van der Waals surface area contributed by atoms with Gasteiger partial charge in [0, 0.05) is 17.6 Å². The molecule has 0 aliphatic carbocycles. The Hall–Kier alpha value is -3.87. The van der Waals surface area contributed by atoms with Crippen LogP contribution in [-0.4, -0.2) is 20.7 Å². The fraction of sp³-hybridized carbons (Fsp3) is 0. The minimum absolute atomic E-state index is 0.0554. The molecule has 0 spiro atoms. The molecule has 0 atom stereocenters. The number of anilines is 1. The van der Waals surface area contributed by atoms with Gasteiger partial charge in [-0.25, -0.2) is 4.39 Å². The molecule has 1 N–H and O–H groups in total. The van der Waals surface area contributed by atoms with Crippen molar-refractivity contribution in [3.05, 3.63) is 94.8 Å². The quantitative estimate of drug-likeness (QED) is 0.609. The zero-order valence-corrected chi connectivity index (χ0v) is 14.0. The van der Waals surface area contributed by atoms with Crippen LogP contribution in [-0.2, 0) is 0 Å². The molecule has 0 saturated heterocycles. The van der Waals surface area contributed by atoms with Crippen molar-refractivity contribution in [3.8, 4) is 5.69 Å². The van der Waals surface area contributed by atoms with Gasteiger partial charge < -0.3 is 5.32 Å². The largest absolute Gasteiger partial charge is 0.320 e. The zero-order valence-electron chi connectivity index (χ0n) is 14.0. The van der Waals surface area contributed by atoms with Crippen molar-refractivity contribution in [3.63, 3.8) is 0 Å². The number of fused-ring (bicyclic) bond motifs is 1. The van der Waals surface area contributed by atoms with Gasteiger partial charge in [-0.2, -0.15) is 9.78 Å². The summed E-state index contributed by atoms with van der Waals surface area (Å²) in [7, 11) is 0. The first-order chi connectivity index (χ1) is 13.1. The molecule has 0 bridgehead atoms. The molecule has 0 saturated carbocycles. The van der Waals surface area contributed by atoms with Gasteiger partial charge in [0.05, 0.1) is 16.9 Å². The highest BCUT2D eigenvalue weighted by atomic mass is 19.1. The molecule has 2 aromatic heterocycles. The Morgan fingerprint density at radius 3 is 2.59 bits per heavy atom. The first kappa shape index (κ1) is 16.6. The molecule has 4 aromatic rings. The number of pyridine rings is 1. The summed E-state index contributed by atoms with van der Waals surface area (Å²) in [6, 6.07) is 16.9. The highest BCUT2D eigenvalue weighted by molar-refractivity contribution is 6.07. The molecule has 0 radical (unpaired) electrons. The smallest absolute Gasteiger partial charge is 0.276 e. The molecule has 0 fully saturated rings. The normalized spacial score (nSPS) is 10.7. The van der Waals surface area contributed by atoms with Gasteiger partial charge in [-0.1, -0.05) is 6.07 Å². The SMILES string of the molecule is O=C(Nc1cccc2ncccc12)c1ccc(=O)n(-c2ccc(F)cc2)n1. The molecule has 2 aromatic carbocycles. The monoisotopic (exact) mass is 360 g/mol. The van der Waals surface area contributed by atoms with Gasteiger partial charge in [0.25, 0.3) is 11.5 Å². The van der Waals surface area contributed by atoms with E-state index < -0.39 is 17.3 Å². The summed E-state index contributed by atoms with van der Waals surface area (Å²) in [4.78, 5) is 29.0. The number of carbonyl (C=O) groups excluding carboxylic acids is 1. The second-order valence-corrected chi connectivity index (χ2v) is 5.77. The molecule has 27 heavy (non-hydrogen) atoms. The van der Waals surface area contributed by atoms with Crippen molar-refractivity contribution in [1.82, 2.24) is 14.8 Å². The van der Waals surface area contributed by atoms with Gasteiger partial charge in [0.2, 0.25) is 0 Å². The molecule has 1 amide bonds. The minimum Gasteiger partial charge on any atom is -0.320 e. The van der Waals surface area contributed by atoms with Crippen LogP contribution in [0, 0.1) is 5.82 Å². The van der Waals surface area contributed by atoms with Crippen LogP contribution in [0.15, 0.2) is 77.7 Å². The number of nitrogens with zero attached hydrogens (tertiary/aromatic N) is 3. The van der Waals surface area contributed by atoms with E-state index >= 15 is 0 Å². The van der Waals surface area contributed by atoms with E-state index in [0.29, 0.717) is 11.4 Å². The Bertz CT molecular complexity index is 1200. The summed E-state index contributed by atoms with van der Waals surface area (Å²) in [6.07, 6.45) is 1.67. The Labute approximate surface area is 152 Å². The van der Waals surface area contributed by atoms with Gasteiger partial charge >= 0.3 is 0 Å². The summed E-state index contributed by atoms with van der Waals surface area (Å²) in [5.74, 6) is -0.896. The number of nitrogens with one attached hydrogen (secondary N) is 1. The molecule has 7 heteroatoms. The fourth-order valence-corrected chi connectivity index (χ4v) is 2.70. The predicted molar refractivity (Wildman–Crippen MR) is 99.5 cm³/mol. The zero-order chi connectivity index (χ0) is 18.8. The van der Waals surface area contributed by atoms with Gasteiger partial charge in [0.15, 0.2) is 0 Å². The van der Waals surface area contributed by atoms with Crippen LogP contribution in [0.4, 0.5) is 10.1 Å². The van der Waals surface area contributed by atoms with E-state index in [1.807, 2.05) is 12.1 Å². The molecule has 0 unspecified atom stereocenters. The van der Waals surface area contributed by atoms with Gasteiger partial charge in [0.1, 0.15) is 11.5 Å². The van der Waals surface area contributed by atoms with Crippen LogP contribution < -0.4 is 10.9 Å². The minimum atomic E-state index is -0.470. The maximum Gasteiger partial charge on any atom is 0.276 e. The third kappa shape index (κ3) is 3.30. The summed E-state index contributed by atoms with van der Waals surface area (Å²) >= 11 is 0. The van der Waals surface area contributed by atoms with Crippen molar-refractivity contribution in [1.29, 1.82) is 0 Å². The number of carbonyl (C=O) groups is 1. The maximum atomic E-state index is 13.1. The lowest BCUT2D eigenvalue weighted by atomic mass is 10.2. The molecule has 0 aliphatic rings. The first-order valence-electron chi connectivity index (χ1n) is 8.13.